The van der Waals surface area contributed by atoms with E-state index in [4.69, 9.17) is 10.00 Å². The summed E-state index contributed by atoms with van der Waals surface area (Å²) in [6.07, 6.45) is 3.84. The Bertz CT molecular complexity index is 508. The largest absolute Gasteiger partial charge is 0.377 e. The van der Waals surface area contributed by atoms with Crippen LogP contribution in [0.5, 0.6) is 0 Å². The second-order valence-electron chi connectivity index (χ2n) is 3.31. The average Bonchev–Trinajstić information content (AvgIpc) is 2.68. The molecule has 0 bridgehead atoms. The third kappa shape index (κ3) is 1.85. The lowest BCUT2D eigenvalue weighted by atomic mass is 10.2. The monoisotopic (exact) mass is 200 g/mol. The van der Waals surface area contributed by atoms with Crippen LogP contribution in [0, 0.1) is 11.3 Å². The fourth-order valence-corrected chi connectivity index (χ4v) is 1.55. The minimum Gasteiger partial charge on any atom is -0.377 e. The molecule has 15 heavy (non-hydrogen) atoms. The molecule has 3 heteroatoms. The van der Waals surface area contributed by atoms with E-state index in [1.807, 2.05) is 41.9 Å². The van der Waals surface area contributed by atoms with Gasteiger partial charge in [-0.15, -0.1) is 0 Å². The van der Waals surface area contributed by atoms with Gasteiger partial charge in [-0.2, -0.15) is 5.26 Å². The quantitative estimate of drug-likeness (QED) is 0.762. The van der Waals surface area contributed by atoms with Crippen LogP contribution in [0.1, 0.15) is 18.1 Å². The molecule has 0 aromatic carbocycles. The van der Waals surface area contributed by atoms with Crippen molar-refractivity contribution in [1.29, 1.82) is 5.26 Å². The van der Waals surface area contributed by atoms with Crippen molar-refractivity contribution in [3.05, 3.63) is 41.7 Å². The van der Waals surface area contributed by atoms with Crippen molar-refractivity contribution in [3.63, 3.8) is 0 Å². The van der Waals surface area contributed by atoms with E-state index in [9.17, 15) is 0 Å². The van der Waals surface area contributed by atoms with Gasteiger partial charge in [0, 0.05) is 19.0 Å². The summed E-state index contributed by atoms with van der Waals surface area (Å²) in [6, 6.07) is 7.99. The smallest absolute Gasteiger partial charge is 0.101 e. The molecular weight excluding hydrogens is 188 g/mol. The standard InChI is InChI=1S/C12H12N2O/c1-2-15-9-10-3-5-14-6-4-11(8-13)12(14)7-10/h3-7H,2,9H2,1H3. The molecule has 0 aliphatic heterocycles. The summed E-state index contributed by atoms with van der Waals surface area (Å²) in [6.45, 7) is 3.27. The number of nitriles is 1. The lowest BCUT2D eigenvalue weighted by molar-refractivity contribution is 0.134. The zero-order valence-electron chi connectivity index (χ0n) is 8.60. The van der Waals surface area contributed by atoms with Crippen LogP contribution in [0.2, 0.25) is 0 Å². The van der Waals surface area contributed by atoms with Crippen molar-refractivity contribution in [1.82, 2.24) is 4.40 Å². The Balaban J connectivity index is 2.40. The highest BCUT2D eigenvalue weighted by molar-refractivity contribution is 5.62. The summed E-state index contributed by atoms with van der Waals surface area (Å²) in [5, 5.41) is 8.90. The molecule has 2 rings (SSSR count). The SMILES string of the molecule is CCOCc1ccn2ccc(C#N)c2c1. The number of rotatable bonds is 3. The van der Waals surface area contributed by atoms with E-state index in [2.05, 4.69) is 6.07 Å². The number of aromatic nitrogens is 1. The van der Waals surface area contributed by atoms with Crippen molar-refractivity contribution in [2.45, 2.75) is 13.5 Å². The number of fused-ring (bicyclic) bond motifs is 1. The first-order chi connectivity index (χ1) is 7.35. The number of hydrogen-bond acceptors (Lipinski definition) is 2. The molecule has 76 valence electrons. The van der Waals surface area contributed by atoms with Gasteiger partial charge in [-0.25, -0.2) is 0 Å². The Labute approximate surface area is 88.5 Å². The van der Waals surface area contributed by atoms with Crippen LogP contribution >= 0.6 is 0 Å². The highest BCUT2D eigenvalue weighted by atomic mass is 16.5. The van der Waals surface area contributed by atoms with Crippen LogP contribution < -0.4 is 0 Å². The van der Waals surface area contributed by atoms with E-state index in [-0.39, 0.29) is 0 Å². The molecule has 0 aliphatic carbocycles. The summed E-state index contributed by atoms with van der Waals surface area (Å²) in [4.78, 5) is 0. The Kier molecular flexibility index (Phi) is 2.70. The van der Waals surface area contributed by atoms with Crippen LogP contribution in [0.15, 0.2) is 30.6 Å². The molecule has 2 heterocycles. The van der Waals surface area contributed by atoms with Gasteiger partial charge in [0.1, 0.15) is 6.07 Å². The van der Waals surface area contributed by atoms with Crippen LogP contribution in [-0.4, -0.2) is 11.0 Å². The normalized spacial score (nSPS) is 10.4. The van der Waals surface area contributed by atoms with E-state index in [1.54, 1.807) is 0 Å². The first kappa shape index (κ1) is 9.75. The minimum atomic E-state index is 0.600. The fourth-order valence-electron chi connectivity index (χ4n) is 1.55. The van der Waals surface area contributed by atoms with E-state index < -0.39 is 0 Å². The number of pyridine rings is 1. The lowest BCUT2D eigenvalue weighted by Gasteiger charge is -2.02. The zero-order chi connectivity index (χ0) is 10.7. The van der Waals surface area contributed by atoms with Crippen molar-refractivity contribution >= 4 is 5.52 Å². The molecule has 0 fully saturated rings. The van der Waals surface area contributed by atoms with Gasteiger partial charge in [0.05, 0.1) is 17.7 Å². The van der Waals surface area contributed by atoms with E-state index >= 15 is 0 Å². The molecule has 2 aromatic rings. The third-order valence-corrected chi connectivity index (χ3v) is 2.32. The summed E-state index contributed by atoms with van der Waals surface area (Å²) in [5.41, 5.74) is 2.74. The number of hydrogen-bond donors (Lipinski definition) is 0. The first-order valence-electron chi connectivity index (χ1n) is 4.92. The molecule has 0 radical (unpaired) electrons. The maximum atomic E-state index is 8.90. The maximum absolute atomic E-state index is 8.90. The molecular formula is C12H12N2O. The second kappa shape index (κ2) is 4.16. The van der Waals surface area contributed by atoms with Gasteiger partial charge >= 0.3 is 0 Å². The summed E-state index contributed by atoms with van der Waals surface area (Å²) in [5.74, 6) is 0. The Hall–Kier alpha value is -1.79. The predicted octanol–water partition coefficient (Wildman–Crippen LogP) is 2.35. The van der Waals surface area contributed by atoms with Crippen LogP contribution in [0.25, 0.3) is 5.52 Å². The molecule has 0 atom stereocenters. The van der Waals surface area contributed by atoms with Crippen LogP contribution in [0.3, 0.4) is 0 Å². The van der Waals surface area contributed by atoms with E-state index in [0.29, 0.717) is 18.8 Å². The summed E-state index contributed by atoms with van der Waals surface area (Å²) < 4.78 is 7.26. The predicted molar refractivity (Wildman–Crippen MR) is 57.4 cm³/mol. The Morgan fingerprint density at radius 3 is 2.93 bits per heavy atom. The van der Waals surface area contributed by atoms with Gasteiger partial charge in [-0.3, -0.25) is 0 Å². The molecule has 0 spiro atoms. The molecule has 0 unspecified atom stereocenters. The molecule has 0 N–H and O–H groups in total. The molecule has 0 saturated heterocycles. The van der Waals surface area contributed by atoms with Crippen molar-refractivity contribution in [2.24, 2.45) is 0 Å². The third-order valence-electron chi connectivity index (χ3n) is 2.32. The minimum absolute atomic E-state index is 0.600. The van der Waals surface area contributed by atoms with Crippen molar-refractivity contribution in [3.8, 4) is 6.07 Å². The van der Waals surface area contributed by atoms with Gasteiger partial charge in [0.15, 0.2) is 0 Å². The van der Waals surface area contributed by atoms with Gasteiger partial charge in [-0.05, 0) is 30.7 Å². The van der Waals surface area contributed by atoms with Gasteiger partial charge in [0.25, 0.3) is 0 Å². The van der Waals surface area contributed by atoms with Gasteiger partial charge in [-0.1, -0.05) is 0 Å². The van der Waals surface area contributed by atoms with Gasteiger partial charge < -0.3 is 9.14 Å². The van der Waals surface area contributed by atoms with Crippen LogP contribution in [-0.2, 0) is 11.3 Å². The topological polar surface area (TPSA) is 37.4 Å². The Morgan fingerprint density at radius 2 is 2.20 bits per heavy atom. The molecule has 0 aliphatic rings. The van der Waals surface area contributed by atoms with E-state index in [0.717, 1.165) is 11.1 Å². The molecule has 0 amide bonds. The first-order valence-corrected chi connectivity index (χ1v) is 4.92. The maximum Gasteiger partial charge on any atom is 0.101 e. The fraction of sp³-hybridized carbons (Fsp3) is 0.250. The summed E-state index contributed by atoms with van der Waals surface area (Å²) in [7, 11) is 0. The zero-order valence-corrected chi connectivity index (χ0v) is 8.60. The highest BCUT2D eigenvalue weighted by Gasteiger charge is 2.02. The van der Waals surface area contributed by atoms with Crippen molar-refractivity contribution in [2.75, 3.05) is 6.61 Å². The average molecular weight is 200 g/mol. The lowest BCUT2D eigenvalue weighted by Crippen LogP contribution is -1.93. The number of ether oxygens (including phenoxy) is 1. The number of nitrogens with zero attached hydrogens (tertiary/aromatic N) is 2. The molecule has 3 nitrogen and oxygen atoms in total. The summed E-state index contributed by atoms with van der Waals surface area (Å²) >= 11 is 0. The second-order valence-corrected chi connectivity index (χ2v) is 3.31. The molecule has 0 saturated carbocycles. The molecule has 2 aromatic heterocycles. The van der Waals surface area contributed by atoms with Crippen molar-refractivity contribution < 1.29 is 4.74 Å². The highest BCUT2D eigenvalue weighted by Crippen LogP contribution is 2.14. The Morgan fingerprint density at radius 1 is 1.40 bits per heavy atom. The van der Waals surface area contributed by atoms with Crippen LogP contribution in [0.4, 0.5) is 0 Å². The van der Waals surface area contributed by atoms with Gasteiger partial charge in [0.2, 0.25) is 0 Å². The van der Waals surface area contributed by atoms with E-state index in [1.165, 1.54) is 0 Å².